The molecule has 6 nitrogen and oxygen atoms in total. The van der Waals surface area contributed by atoms with Crippen LogP contribution in [0.1, 0.15) is 69.1 Å². The van der Waals surface area contributed by atoms with Gasteiger partial charge in [0.2, 0.25) is 5.91 Å². The van der Waals surface area contributed by atoms with Gasteiger partial charge in [0.15, 0.2) is 10.8 Å². The molecule has 166 valence electrons. The van der Waals surface area contributed by atoms with Gasteiger partial charge in [-0.1, -0.05) is 39.5 Å². The smallest absolute Gasteiger partial charge is 0.233 e. The predicted molar refractivity (Wildman–Crippen MR) is 127 cm³/mol. The number of aryl methyl sites for hydroxylation is 1. The summed E-state index contributed by atoms with van der Waals surface area (Å²) < 4.78 is 2.12. The number of aromatic nitrogens is 4. The van der Waals surface area contributed by atoms with Crippen LogP contribution in [0.3, 0.4) is 0 Å². The highest BCUT2D eigenvalue weighted by Gasteiger charge is 2.27. The summed E-state index contributed by atoms with van der Waals surface area (Å²) in [5, 5.41) is 11.1. The molecule has 1 unspecified atom stereocenters. The van der Waals surface area contributed by atoms with Gasteiger partial charge >= 0.3 is 0 Å². The molecule has 0 aromatic carbocycles. The molecule has 0 radical (unpaired) electrons. The average molecular weight is 458 g/mol. The van der Waals surface area contributed by atoms with Crippen molar-refractivity contribution in [2.24, 2.45) is 11.8 Å². The Morgan fingerprint density at radius 2 is 1.94 bits per heavy atom. The lowest BCUT2D eigenvalue weighted by molar-refractivity contribution is -0.129. The molecule has 1 saturated heterocycles. The Morgan fingerprint density at radius 3 is 2.68 bits per heavy atom. The molecule has 0 spiro atoms. The molecular weight excluding hydrogens is 426 g/mol. The number of amides is 1. The second-order valence-corrected chi connectivity index (χ2v) is 11.7. The van der Waals surface area contributed by atoms with Crippen LogP contribution in [0.4, 0.5) is 0 Å². The third kappa shape index (κ3) is 3.86. The van der Waals surface area contributed by atoms with Gasteiger partial charge in [0.1, 0.15) is 10.7 Å². The first-order valence-electron chi connectivity index (χ1n) is 11.5. The topological polar surface area (TPSA) is 63.4 Å². The van der Waals surface area contributed by atoms with Crippen molar-refractivity contribution in [2.75, 3.05) is 18.8 Å². The minimum Gasteiger partial charge on any atom is -0.342 e. The number of rotatable bonds is 4. The second kappa shape index (κ2) is 8.35. The predicted octanol–water partition coefficient (Wildman–Crippen LogP) is 4.94. The van der Waals surface area contributed by atoms with Crippen LogP contribution in [0.25, 0.3) is 15.9 Å². The summed E-state index contributed by atoms with van der Waals surface area (Å²) in [7, 11) is 0. The van der Waals surface area contributed by atoms with Gasteiger partial charge in [-0.3, -0.25) is 9.20 Å². The fourth-order valence-corrected chi connectivity index (χ4v) is 7.02. The molecule has 1 atom stereocenters. The van der Waals surface area contributed by atoms with Gasteiger partial charge < -0.3 is 4.90 Å². The maximum Gasteiger partial charge on any atom is 0.233 e. The number of hydrogen-bond acceptors (Lipinski definition) is 6. The zero-order valence-corrected chi connectivity index (χ0v) is 20.5. The van der Waals surface area contributed by atoms with Crippen LogP contribution in [-0.2, 0) is 17.6 Å². The minimum atomic E-state index is 0.204. The van der Waals surface area contributed by atoms with E-state index in [0.717, 1.165) is 72.1 Å². The Morgan fingerprint density at radius 1 is 1.16 bits per heavy atom. The third-order valence-electron chi connectivity index (χ3n) is 6.77. The Bertz CT molecular complexity index is 1130. The first-order chi connectivity index (χ1) is 14.9. The van der Waals surface area contributed by atoms with Crippen molar-refractivity contribution in [3.05, 3.63) is 16.3 Å². The van der Waals surface area contributed by atoms with Crippen molar-refractivity contribution >= 4 is 44.9 Å². The summed E-state index contributed by atoms with van der Waals surface area (Å²) in [6.45, 7) is 10.7. The number of carbonyl (C=O) groups is 1. The molecule has 3 aromatic heterocycles. The Balaban J connectivity index is 1.49. The summed E-state index contributed by atoms with van der Waals surface area (Å²) >= 11 is 3.34. The van der Waals surface area contributed by atoms with E-state index in [1.807, 2.05) is 16.2 Å². The van der Waals surface area contributed by atoms with Gasteiger partial charge in [0.25, 0.3) is 0 Å². The van der Waals surface area contributed by atoms with Crippen molar-refractivity contribution < 1.29 is 4.79 Å². The van der Waals surface area contributed by atoms with Gasteiger partial charge in [-0.15, -0.1) is 21.5 Å². The molecule has 31 heavy (non-hydrogen) atoms. The van der Waals surface area contributed by atoms with Crippen LogP contribution >= 0.6 is 23.1 Å². The molecule has 0 saturated carbocycles. The number of thiophene rings is 1. The fourth-order valence-electron chi connectivity index (χ4n) is 4.79. The van der Waals surface area contributed by atoms with E-state index in [9.17, 15) is 4.79 Å². The lowest BCUT2D eigenvalue weighted by atomic mass is 9.89. The largest absolute Gasteiger partial charge is 0.342 e. The molecule has 5 rings (SSSR count). The van der Waals surface area contributed by atoms with E-state index in [4.69, 9.17) is 4.98 Å². The molecule has 1 aliphatic carbocycles. The summed E-state index contributed by atoms with van der Waals surface area (Å²) in [6, 6.07) is 0. The van der Waals surface area contributed by atoms with Gasteiger partial charge in [0.05, 0.1) is 11.1 Å². The zero-order chi connectivity index (χ0) is 21.7. The van der Waals surface area contributed by atoms with Crippen molar-refractivity contribution in [1.82, 2.24) is 24.5 Å². The van der Waals surface area contributed by atoms with Crippen LogP contribution in [0.5, 0.6) is 0 Å². The molecule has 1 amide bonds. The van der Waals surface area contributed by atoms with Crippen LogP contribution in [0.2, 0.25) is 0 Å². The van der Waals surface area contributed by atoms with E-state index in [0.29, 0.717) is 5.75 Å². The molecule has 0 N–H and O–H groups in total. The normalized spacial score (nSPS) is 20.2. The SMILES string of the molecule is CC1CCN(C(=O)CSc2nnc3c4c5c(sc4nc(C(C)C)n23)CC(C)CC5)CC1. The second-order valence-electron chi connectivity index (χ2n) is 9.65. The summed E-state index contributed by atoms with van der Waals surface area (Å²) in [5.41, 5.74) is 2.34. The monoisotopic (exact) mass is 457 g/mol. The standard InChI is InChI=1S/C23H31N5OS2/c1-13(2)20-24-22-19(16-6-5-15(4)11-17(16)31-22)21-25-26-23(28(20)21)30-12-18(29)27-9-7-14(3)8-10-27/h13-15H,5-12H2,1-4H3. The van der Waals surface area contributed by atoms with Crippen molar-refractivity contribution in [3.8, 4) is 0 Å². The maximum absolute atomic E-state index is 12.8. The number of fused-ring (bicyclic) bond motifs is 5. The van der Waals surface area contributed by atoms with Crippen LogP contribution in [0.15, 0.2) is 5.16 Å². The molecule has 4 heterocycles. The van der Waals surface area contributed by atoms with E-state index < -0.39 is 0 Å². The first-order valence-corrected chi connectivity index (χ1v) is 13.3. The molecule has 8 heteroatoms. The highest BCUT2D eigenvalue weighted by Crippen LogP contribution is 2.40. The number of thioether (sulfide) groups is 1. The number of nitrogens with zero attached hydrogens (tertiary/aromatic N) is 5. The summed E-state index contributed by atoms with van der Waals surface area (Å²) in [4.78, 5) is 22.4. The number of carbonyl (C=O) groups excluding carboxylic acids is 1. The molecule has 3 aromatic rings. The average Bonchev–Trinajstić information content (AvgIpc) is 3.32. The van der Waals surface area contributed by atoms with Crippen molar-refractivity contribution in [3.63, 3.8) is 0 Å². The quantitative estimate of drug-likeness (QED) is 0.519. The highest BCUT2D eigenvalue weighted by atomic mass is 32.2. The maximum atomic E-state index is 12.8. The highest BCUT2D eigenvalue weighted by molar-refractivity contribution is 7.99. The van der Waals surface area contributed by atoms with Crippen molar-refractivity contribution in [1.29, 1.82) is 0 Å². The minimum absolute atomic E-state index is 0.204. The Labute approximate surface area is 191 Å². The molecular formula is C23H31N5OS2. The van der Waals surface area contributed by atoms with E-state index in [2.05, 4.69) is 42.3 Å². The lowest BCUT2D eigenvalue weighted by Gasteiger charge is -2.30. The molecule has 1 fully saturated rings. The first kappa shape index (κ1) is 21.2. The Kier molecular flexibility index (Phi) is 5.71. The fraction of sp³-hybridized carbons (Fsp3) is 0.652. The number of likely N-dealkylation sites (tertiary alicyclic amines) is 1. The summed E-state index contributed by atoms with van der Waals surface area (Å²) in [6.07, 6.45) is 5.65. The van der Waals surface area contributed by atoms with Gasteiger partial charge in [-0.05, 0) is 49.5 Å². The zero-order valence-electron chi connectivity index (χ0n) is 18.8. The Hall–Kier alpha value is -1.67. The third-order valence-corrected chi connectivity index (χ3v) is 8.83. The van der Waals surface area contributed by atoms with Crippen LogP contribution in [0, 0.1) is 11.8 Å². The van der Waals surface area contributed by atoms with Crippen molar-refractivity contribution in [2.45, 2.75) is 70.9 Å². The van der Waals surface area contributed by atoms with Gasteiger partial charge in [-0.2, -0.15) is 0 Å². The van der Waals surface area contributed by atoms with Crippen LogP contribution < -0.4 is 0 Å². The number of hydrogen-bond donors (Lipinski definition) is 0. The lowest BCUT2D eigenvalue weighted by Crippen LogP contribution is -2.38. The van der Waals surface area contributed by atoms with E-state index >= 15 is 0 Å². The molecule has 0 bridgehead atoms. The van der Waals surface area contributed by atoms with Gasteiger partial charge in [0, 0.05) is 23.9 Å². The number of piperidine rings is 1. The van der Waals surface area contributed by atoms with E-state index in [-0.39, 0.29) is 11.8 Å². The molecule has 1 aliphatic heterocycles. The van der Waals surface area contributed by atoms with E-state index in [1.54, 1.807) is 0 Å². The van der Waals surface area contributed by atoms with Crippen LogP contribution in [-0.4, -0.2) is 49.2 Å². The van der Waals surface area contributed by atoms with E-state index in [1.165, 1.54) is 34.0 Å². The molecule has 2 aliphatic rings. The van der Waals surface area contributed by atoms with Gasteiger partial charge in [-0.25, -0.2) is 4.98 Å². The summed E-state index contributed by atoms with van der Waals surface area (Å²) in [5.74, 6) is 3.30.